The molecular formula is C16H32N4O2. The third-order valence-corrected chi connectivity index (χ3v) is 3.64. The Morgan fingerprint density at radius 2 is 1.95 bits per heavy atom. The standard InChI is InChI=1S/C14H26N4O2.C2H6/c1-14(2,3)12-15-13(19)18(7-6-16(4)5)11-10-20-9-8-17(11)12;1-2/h11H,6-10H2,1-5H3;1-2H3. The third kappa shape index (κ3) is 4.43. The molecule has 6 heteroatoms. The smallest absolute Gasteiger partial charge is 0.347 e. The number of fused-ring (bicyclic) bond motifs is 1. The van der Waals surface area contributed by atoms with Gasteiger partial charge in [0.05, 0.1) is 13.2 Å². The first-order valence-electron chi connectivity index (χ1n) is 8.19. The summed E-state index contributed by atoms with van der Waals surface area (Å²) in [6.45, 7) is 13.9. The fraction of sp³-hybridized carbons (Fsp3) is 0.875. The number of likely N-dealkylation sites (N-methyl/N-ethyl adjacent to an activating group) is 1. The van der Waals surface area contributed by atoms with Crippen molar-refractivity contribution in [3.05, 3.63) is 0 Å². The first-order valence-corrected chi connectivity index (χ1v) is 8.19. The SMILES string of the molecule is CC.CN(C)CCN1C(=O)N=C(C(C)(C)C)N2CCOCC12. The van der Waals surface area contributed by atoms with E-state index >= 15 is 0 Å². The van der Waals surface area contributed by atoms with Crippen molar-refractivity contribution in [3.63, 3.8) is 0 Å². The topological polar surface area (TPSA) is 48.4 Å². The van der Waals surface area contributed by atoms with Gasteiger partial charge in [-0.2, -0.15) is 4.99 Å². The zero-order chi connectivity index (χ0) is 16.9. The largest absolute Gasteiger partial charge is 0.376 e. The lowest BCUT2D eigenvalue weighted by Crippen LogP contribution is -2.64. The van der Waals surface area contributed by atoms with Crippen LogP contribution in [0.15, 0.2) is 4.99 Å². The van der Waals surface area contributed by atoms with Gasteiger partial charge in [0.25, 0.3) is 0 Å². The molecule has 1 saturated heterocycles. The molecule has 128 valence electrons. The maximum atomic E-state index is 12.4. The molecule has 2 aliphatic rings. The molecule has 2 heterocycles. The van der Waals surface area contributed by atoms with Crippen molar-refractivity contribution >= 4 is 11.9 Å². The molecule has 2 amide bonds. The Morgan fingerprint density at radius 1 is 1.32 bits per heavy atom. The zero-order valence-electron chi connectivity index (χ0n) is 15.2. The maximum absolute atomic E-state index is 12.4. The molecule has 0 aliphatic carbocycles. The van der Waals surface area contributed by atoms with E-state index in [1.807, 2.05) is 32.8 Å². The van der Waals surface area contributed by atoms with Crippen molar-refractivity contribution in [1.82, 2.24) is 14.7 Å². The molecule has 6 nitrogen and oxygen atoms in total. The molecule has 1 atom stereocenters. The Morgan fingerprint density at radius 3 is 2.50 bits per heavy atom. The van der Waals surface area contributed by atoms with Crippen LogP contribution in [-0.2, 0) is 4.74 Å². The number of hydrogen-bond acceptors (Lipinski definition) is 4. The summed E-state index contributed by atoms with van der Waals surface area (Å²) in [5.41, 5.74) is -0.126. The Hall–Kier alpha value is -1.14. The summed E-state index contributed by atoms with van der Waals surface area (Å²) in [6, 6.07) is -0.136. The average molecular weight is 312 g/mol. The minimum absolute atomic E-state index is 0.0112. The third-order valence-electron chi connectivity index (χ3n) is 3.64. The normalized spacial score (nSPS) is 22.1. The van der Waals surface area contributed by atoms with Gasteiger partial charge in [-0.05, 0) is 14.1 Å². The van der Waals surface area contributed by atoms with Crippen molar-refractivity contribution in [3.8, 4) is 0 Å². The maximum Gasteiger partial charge on any atom is 0.347 e. The zero-order valence-corrected chi connectivity index (χ0v) is 15.2. The number of hydrogen-bond donors (Lipinski definition) is 0. The van der Waals surface area contributed by atoms with E-state index in [9.17, 15) is 4.79 Å². The molecule has 1 fully saturated rings. The van der Waals surface area contributed by atoms with E-state index in [-0.39, 0.29) is 17.6 Å². The molecule has 0 aromatic rings. The highest BCUT2D eigenvalue weighted by Gasteiger charge is 2.41. The molecule has 0 aromatic heterocycles. The Kier molecular flexibility index (Phi) is 6.81. The fourth-order valence-corrected chi connectivity index (χ4v) is 2.59. The minimum Gasteiger partial charge on any atom is -0.376 e. The van der Waals surface area contributed by atoms with Crippen molar-refractivity contribution in [2.45, 2.75) is 40.8 Å². The lowest BCUT2D eigenvalue weighted by atomic mass is 9.92. The fourth-order valence-electron chi connectivity index (χ4n) is 2.59. The van der Waals surface area contributed by atoms with Crippen molar-refractivity contribution < 1.29 is 9.53 Å². The van der Waals surface area contributed by atoms with Crippen molar-refractivity contribution in [2.24, 2.45) is 10.4 Å². The molecule has 0 aromatic carbocycles. The summed E-state index contributed by atoms with van der Waals surface area (Å²) in [5, 5.41) is 0. The highest BCUT2D eigenvalue weighted by molar-refractivity contribution is 5.99. The number of carbonyl (C=O) groups excluding carboxylic acids is 1. The average Bonchev–Trinajstić information content (AvgIpc) is 2.46. The molecule has 0 bridgehead atoms. The lowest BCUT2D eigenvalue weighted by molar-refractivity contribution is -0.0371. The van der Waals surface area contributed by atoms with Gasteiger partial charge in [-0.25, -0.2) is 4.79 Å². The molecule has 0 N–H and O–H groups in total. The molecule has 22 heavy (non-hydrogen) atoms. The Labute approximate surface area is 135 Å². The second-order valence-electron chi connectivity index (χ2n) is 6.71. The summed E-state index contributed by atoms with van der Waals surface area (Å²) in [5.74, 6) is 0.886. The van der Waals surface area contributed by atoms with E-state index in [1.54, 1.807) is 0 Å². The second-order valence-corrected chi connectivity index (χ2v) is 6.71. The first kappa shape index (κ1) is 18.9. The number of carbonyl (C=O) groups is 1. The van der Waals surface area contributed by atoms with Gasteiger partial charge in [-0.1, -0.05) is 34.6 Å². The molecule has 1 unspecified atom stereocenters. The van der Waals surface area contributed by atoms with Gasteiger partial charge in [-0.15, -0.1) is 0 Å². The van der Waals surface area contributed by atoms with Crippen LogP contribution in [-0.4, -0.2) is 79.7 Å². The highest BCUT2D eigenvalue weighted by Crippen LogP contribution is 2.27. The predicted molar refractivity (Wildman–Crippen MR) is 90.2 cm³/mol. The van der Waals surface area contributed by atoms with E-state index in [0.717, 1.165) is 18.9 Å². The lowest BCUT2D eigenvalue weighted by Gasteiger charge is -2.48. The Bertz CT molecular complexity index is 401. The predicted octanol–water partition coefficient (Wildman–Crippen LogP) is 2.11. The van der Waals surface area contributed by atoms with Gasteiger partial charge in [0.15, 0.2) is 0 Å². The van der Waals surface area contributed by atoms with Crippen LogP contribution >= 0.6 is 0 Å². The quantitative estimate of drug-likeness (QED) is 0.801. The molecule has 2 rings (SSSR count). The van der Waals surface area contributed by atoms with Gasteiger partial charge in [0.1, 0.15) is 12.0 Å². The first-order chi connectivity index (χ1) is 10.3. The van der Waals surface area contributed by atoms with E-state index < -0.39 is 0 Å². The highest BCUT2D eigenvalue weighted by atomic mass is 16.5. The van der Waals surface area contributed by atoms with E-state index in [1.165, 1.54) is 0 Å². The van der Waals surface area contributed by atoms with Gasteiger partial charge >= 0.3 is 6.03 Å². The number of morpholine rings is 1. The molecular weight excluding hydrogens is 280 g/mol. The molecule has 0 saturated carbocycles. The van der Waals surface area contributed by atoms with E-state index in [0.29, 0.717) is 19.8 Å². The molecule has 0 spiro atoms. The van der Waals surface area contributed by atoms with Crippen molar-refractivity contribution in [1.29, 1.82) is 0 Å². The molecule has 0 radical (unpaired) electrons. The van der Waals surface area contributed by atoms with Crippen LogP contribution in [0.1, 0.15) is 34.6 Å². The Balaban J connectivity index is 0.00000116. The number of amidine groups is 1. The van der Waals surface area contributed by atoms with Gasteiger partial charge in [-0.3, -0.25) is 4.90 Å². The monoisotopic (exact) mass is 312 g/mol. The summed E-state index contributed by atoms with van der Waals surface area (Å²) in [4.78, 5) is 22.8. The summed E-state index contributed by atoms with van der Waals surface area (Å²) < 4.78 is 5.58. The number of ether oxygens (including phenoxy) is 1. The van der Waals surface area contributed by atoms with Crippen LogP contribution in [0.5, 0.6) is 0 Å². The number of aliphatic imine (C=N–C) groups is 1. The van der Waals surface area contributed by atoms with Crippen LogP contribution in [0.2, 0.25) is 0 Å². The van der Waals surface area contributed by atoms with E-state index in [2.05, 4.69) is 35.6 Å². The van der Waals surface area contributed by atoms with Gasteiger partial charge in [0, 0.05) is 25.0 Å². The van der Waals surface area contributed by atoms with Gasteiger partial charge in [0.2, 0.25) is 0 Å². The number of urea groups is 1. The number of rotatable bonds is 3. The minimum atomic E-state index is -0.136. The number of amides is 2. The van der Waals surface area contributed by atoms with Crippen LogP contribution in [0, 0.1) is 5.41 Å². The van der Waals surface area contributed by atoms with Gasteiger partial charge < -0.3 is 14.5 Å². The second kappa shape index (κ2) is 7.92. The summed E-state index contributed by atoms with van der Waals surface area (Å²) in [6.07, 6.45) is -0.0112. The van der Waals surface area contributed by atoms with Crippen LogP contribution in [0.25, 0.3) is 0 Å². The van der Waals surface area contributed by atoms with Crippen molar-refractivity contribution in [2.75, 3.05) is 46.9 Å². The summed E-state index contributed by atoms with van der Waals surface area (Å²) in [7, 11) is 4.01. The van der Waals surface area contributed by atoms with Crippen LogP contribution < -0.4 is 0 Å². The number of nitrogens with zero attached hydrogens (tertiary/aromatic N) is 4. The summed E-state index contributed by atoms with van der Waals surface area (Å²) >= 11 is 0. The van der Waals surface area contributed by atoms with E-state index in [4.69, 9.17) is 4.74 Å². The van der Waals surface area contributed by atoms with Crippen LogP contribution in [0.3, 0.4) is 0 Å². The molecule has 2 aliphatic heterocycles. The van der Waals surface area contributed by atoms with Crippen LogP contribution in [0.4, 0.5) is 4.79 Å².